The van der Waals surface area contributed by atoms with Gasteiger partial charge in [0.1, 0.15) is 17.3 Å². The molecule has 2 N–H and O–H groups in total. The largest absolute Gasteiger partial charge is 0.491 e. The predicted molar refractivity (Wildman–Crippen MR) is 82.9 cm³/mol. The van der Waals surface area contributed by atoms with E-state index in [9.17, 15) is 4.79 Å². The number of ether oxygens (including phenoxy) is 1. The molecule has 0 aromatic heterocycles. The maximum Gasteiger partial charge on any atom is 0.222 e. The molecule has 1 aromatic carbocycles. The molecule has 1 aromatic rings. The summed E-state index contributed by atoms with van der Waals surface area (Å²) in [6.45, 7) is 1.91. The number of amides is 1. The summed E-state index contributed by atoms with van der Waals surface area (Å²) in [5.74, 6) is 0.913. The van der Waals surface area contributed by atoms with E-state index in [1.165, 1.54) is 0 Å². The van der Waals surface area contributed by atoms with E-state index in [-0.39, 0.29) is 5.91 Å². The summed E-state index contributed by atoms with van der Waals surface area (Å²) >= 11 is 5.00. The highest BCUT2D eigenvalue weighted by atomic mass is 32.1. The molecule has 1 amide bonds. The maximum atomic E-state index is 11.9. The zero-order valence-electron chi connectivity index (χ0n) is 11.5. The van der Waals surface area contributed by atoms with E-state index in [0.29, 0.717) is 30.3 Å². The van der Waals surface area contributed by atoms with Crippen LogP contribution in [0.1, 0.15) is 31.2 Å². The Hall–Kier alpha value is -1.62. The summed E-state index contributed by atoms with van der Waals surface area (Å²) in [7, 11) is 0. The van der Waals surface area contributed by atoms with Gasteiger partial charge in [0, 0.05) is 13.0 Å². The number of hydrogen-bond donors (Lipinski definition) is 1. The fourth-order valence-electron chi connectivity index (χ4n) is 2.34. The van der Waals surface area contributed by atoms with Gasteiger partial charge >= 0.3 is 0 Å². The van der Waals surface area contributed by atoms with Crippen LogP contribution in [0.15, 0.2) is 24.3 Å². The Morgan fingerprint density at radius 1 is 1.30 bits per heavy atom. The topological polar surface area (TPSA) is 55.6 Å². The van der Waals surface area contributed by atoms with E-state index < -0.39 is 0 Å². The minimum atomic E-state index is 0.230. The first-order valence-corrected chi connectivity index (χ1v) is 7.38. The first-order chi connectivity index (χ1) is 9.68. The molecule has 1 saturated heterocycles. The zero-order chi connectivity index (χ0) is 14.4. The van der Waals surface area contributed by atoms with Crippen LogP contribution in [-0.2, 0) is 4.79 Å². The molecule has 0 spiro atoms. The molecule has 0 saturated carbocycles. The fourth-order valence-corrected chi connectivity index (χ4v) is 2.51. The van der Waals surface area contributed by atoms with Crippen molar-refractivity contribution in [1.82, 2.24) is 4.90 Å². The Bertz CT molecular complexity index is 491. The van der Waals surface area contributed by atoms with Crippen molar-refractivity contribution in [3.63, 3.8) is 0 Å². The molecule has 0 aliphatic carbocycles. The number of nitrogens with two attached hydrogens (primary N) is 1. The number of nitrogens with zero attached hydrogens (tertiary/aromatic N) is 1. The van der Waals surface area contributed by atoms with Crippen LogP contribution in [-0.4, -0.2) is 35.5 Å². The Morgan fingerprint density at radius 3 is 2.90 bits per heavy atom. The van der Waals surface area contributed by atoms with Gasteiger partial charge in [-0.15, -0.1) is 0 Å². The van der Waals surface area contributed by atoms with Gasteiger partial charge in [0.15, 0.2) is 0 Å². The van der Waals surface area contributed by atoms with Crippen LogP contribution in [0.4, 0.5) is 0 Å². The lowest BCUT2D eigenvalue weighted by Crippen LogP contribution is -2.34. The van der Waals surface area contributed by atoms with E-state index in [2.05, 4.69) is 0 Å². The smallest absolute Gasteiger partial charge is 0.222 e. The second kappa shape index (κ2) is 7.24. The molecule has 1 fully saturated rings. The lowest BCUT2D eigenvalue weighted by Gasteiger charge is -2.21. The molecule has 1 aliphatic rings. The van der Waals surface area contributed by atoms with Crippen molar-refractivity contribution in [2.75, 3.05) is 19.7 Å². The number of carbonyl (C=O) groups is 1. The summed E-state index contributed by atoms with van der Waals surface area (Å²) < 4.78 is 5.73. The van der Waals surface area contributed by atoms with Gasteiger partial charge in [0.05, 0.1) is 12.1 Å². The molecular weight excluding hydrogens is 272 g/mol. The molecule has 0 bridgehead atoms. The SMILES string of the molecule is NC(=S)c1ccccc1OCCN1CCCCCC1=O. The van der Waals surface area contributed by atoms with Gasteiger partial charge in [-0.05, 0) is 25.0 Å². The van der Waals surface area contributed by atoms with Gasteiger partial charge in [-0.2, -0.15) is 0 Å². The van der Waals surface area contributed by atoms with Crippen LogP contribution in [0.5, 0.6) is 5.75 Å². The highest BCUT2D eigenvalue weighted by Crippen LogP contribution is 2.18. The van der Waals surface area contributed by atoms with E-state index in [1.807, 2.05) is 29.2 Å². The van der Waals surface area contributed by atoms with Crippen LogP contribution in [0.3, 0.4) is 0 Å². The number of carbonyl (C=O) groups excluding carboxylic acids is 1. The van der Waals surface area contributed by atoms with E-state index in [1.54, 1.807) is 0 Å². The Kier molecular flexibility index (Phi) is 5.35. The predicted octanol–water partition coefficient (Wildman–Crippen LogP) is 2.10. The molecule has 20 heavy (non-hydrogen) atoms. The first-order valence-electron chi connectivity index (χ1n) is 6.98. The second-order valence-electron chi connectivity index (χ2n) is 4.90. The molecule has 0 radical (unpaired) electrons. The Morgan fingerprint density at radius 2 is 2.10 bits per heavy atom. The third-order valence-electron chi connectivity index (χ3n) is 3.44. The molecule has 0 unspecified atom stereocenters. The average molecular weight is 292 g/mol. The number of likely N-dealkylation sites (tertiary alicyclic amines) is 1. The molecule has 4 nitrogen and oxygen atoms in total. The Balaban J connectivity index is 1.89. The summed E-state index contributed by atoms with van der Waals surface area (Å²) in [5, 5.41) is 0. The third-order valence-corrected chi connectivity index (χ3v) is 3.66. The lowest BCUT2D eigenvalue weighted by atomic mass is 10.2. The van der Waals surface area contributed by atoms with Crippen LogP contribution < -0.4 is 10.5 Å². The van der Waals surface area contributed by atoms with Crippen molar-refractivity contribution < 1.29 is 9.53 Å². The standard InChI is InChI=1S/C15H20N2O2S/c16-15(20)12-6-3-4-7-13(12)19-11-10-17-9-5-1-2-8-14(17)18/h3-4,6-7H,1-2,5,8-11H2,(H2,16,20). The fraction of sp³-hybridized carbons (Fsp3) is 0.467. The van der Waals surface area contributed by atoms with Gasteiger partial charge in [-0.1, -0.05) is 30.8 Å². The maximum absolute atomic E-state index is 11.9. The molecular formula is C15H20N2O2S. The molecule has 1 aliphatic heterocycles. The quantitative estimate of drug-likeness (QED) is 0.844. The number of para-hydroxylation sites is 1. The Labute approximate surface area is 124 Å². The summed E-state index contributed by atoms with van der Waals surface area (Å²) in [5.41, 5.74) is 6.40. The van der Waals surface area contributed by atoms with Crippen molar-refractivity contribution in [1.29, 1.82) is 0 Å². The van der Waals surface area contributed by atoms with Crippen LogP contribution >= 0.6 is 12.2 Å². The van der Waals surface area contributed by atoms with Crippen LogP contribution in [0.25, 0.3) is 0 Å². The molecule has 1 heterocycles. The van der Waals surface area contributed by atoms with E-state index in [0.717, 1.165) is 31.4 Å². The number of rotatable bonds is 5. The monoisotopic (exact) mass is 292 g/mol. The normalized spacial score (nSPS) is 15.8. The highest BCUT2D eigenvalue weighted by Gasteiger charge is 2.16. The average Bonchev–Trinajstić information content (AvgIpc) is 2.64. The summed E-state index contributed by atoms with van der Waals surface area (Å²) in [6, 6.07) is 7.45. The van der Waals surface area contributed by atoms with Gasteiger partial charge in [0.2, 0.25) is 5.91 Å². The van der Waals surface area contributed by atoms with Crippen molar-refractivity contribution in [2.24, 2.45) is 5.73 Å². The number of hydrogen-bond acceptors (Lipinski definition) is 3. The number of thiocarbonyl (C=S) groups is 1. The number of benzene rings is 1. The molecule has 108 valence electrons. The minimum Gasteiger partial charge on any atom is -0.491 e. The van der Waals surface area contributed by atoms with Crippen molar-refractivity contribution in [3.05, 3.63) is 29.8 Å². The van der Waals surface area contributed by atoms with Crippen molar-refractivity contribution in [3.8, 4) is 5.75 Å². The van der Waals surface area contributed by atoms with Gasteiger partial charge in [-0.25, -0.2) is 0 Å². The second-order valence-corrected chi connectivity index (χ2v) is 5.34. The first kappa shape index (κ1) is 14.8. The van der Waals surface area contributed by atoms with Crippen LogP contribution in [0, 0.1) is 0 Å². The highest BCUT2D eigenvalue weighted by molar-refractivity contribution is 7.80. The third kappa shape index (κ3) is 3.93. The van der Waals surface area contributed by atoms with E-state index in [4.69, 9.17) is 22.7 Å². The summed E-state index contributed by atoms with van der Waals surface area (Å²) in [6.07, 6.45) is 3.87. The van der Waals surface area contributed by atoms with Gasteiger partial charge in [0.25, 0.3) is 0 Å². The van der Waals surface area contributed by atoms with Crippen molar-refractivity contribution >= 4 is 23.1 Å². The minimum absolute atomic E-state index is 0.230. The summed E-state index contributed by atoms with van der Waals surface area (Å²) in [4.78, 5) is 14.1. The van der Waals surface area contributed by atoms with Gasteiger partial charge in [-0.3, -0.25) is 4.79 Å². The zero-order valence-corrected chi connectivity index (χ0v) is 12.3. The lowest BCUT2D eigenvalue weighted by molar-refractivity contribution is -0.131. The molecule has 5 heteroatoms. The van der Waals surface area contributed by atoms with Crippen LogP contribution in [0.2, 0.25) is 0 Å². The molecule has 0 atom stereocenters. The van der Waals surface area contributed by atoms with E-state index >= 15 is 0 Å². The van der Waals surface area contributed by atoms with Gasteiger partial charge < -0.3 is 15.4 Å². The van der Waals surface area contributed by atoms with Crippen molar-refractivity contribution in [2.45, 2.75) is 25.7 Å². The molecule has 2 rings (SSSR count).